The molecule has 2 aromatic heterocycles. The van der Waals surface area contributed by atoms with Crippen molar-refractivity contribution in [3.63, 3.8) is 0 Å². The maximum Gasteiger partial charge on any atom is 0.278 e. The van der Waals surface area contributed by atoms with Gasteiger partial charge in [0.25, 0.3) is 5.91 Å². The van der Waals surface area contributed by atoms with Gasteiger partial charge in [-0.15, -0.1) is 12.4 Å². The van der Waals surface area contributed by atoms with Gasteiger partial charge in [-0.25, -0.2) is 4.98 Å². The average molecular weight is 438 g/mol. The molecule has 1 aromatic carbocycles. The van der Waals surface area contributed by atoms with Crippen molar-refractivity contribution in [1.82, 2.24) is 19.7 Å². The number of aromatic nitrogens is 3. The van der Waals surface area contributed by atoms with Crippen molar-refractivity contribution in [2.75, 3.05) is 38.2 Å². The molecule has 0 aliphatic heterocycles. The monoisotopic (exact) mass is 437 g/mol. The first-order chi connectivity index (χ1) is 13.6. The summed E-state index contributed by atoms with van der Waals surface area (Å²) in [6, 6.07) is 7.55. The third kappa shape index (κ3) is 5.07. The number of nitrogens with zero attached hydrogens (tertiary/aromatic N) is 5. The molecule has 0 aliphatic rings. The maximum atomic E-state index is 13.4. The van der Waals surface area contributed by atoms with E-state index >= 15 is 0 Å². The highest BCUT2D eigenvalue weighted by Crippen LogP contribution is 2.32. The second kappa shape index (κ2) is 10.6. The molecule has 0 N–H and O–H groups in total. The second-order valence-electron chi connectivity index (χ2n) is 6.35. The first-order valence-corrected chi connectivity index (χ1v) is 10.4. The van der Waals surface area contributed by atoms with Crippen molar-refractivity contribution in [3.05, 3.63) is 36.2 Å². The van der Waals surface area contributed by atoms with Crippen LogP contribution in [0.3, 0.4) is 0 Å². The number of anilines is 1. The van der Waals surface area contributed by atoms with Crippen LogP contribution in [-0.4, -0.2) is 58.9 Å². The van der Waals surface area contributed by atoms with Crippen LogP contribution in [-0.2, 0) is 6.54 Å². The molecule has 7 nitrogen and oxygen atoms in total. The molecule has 2 heterocycles. The number of fused-ring (bicyclic) bond motifs is 1. The van der Waals surface area contributed by atoms with Gasteiger partial charge in [-0.2, -0.15) is 5.10 Å². The van der Waals surface area contributed by atoms with Gasteiger partial charge in [0.05, 0.1) is 17.3 Å². The predicted octanol–water partition coefficient (Wildman–Crippen LogP) is 3.93. The Balaban J connectivity index is 0.00000300. The number of hydrogen-bond donors (Lipinski definition) is 0. The molecule has 0 radical (unpaired) electrons. The standard InChI is InChI=1S/C20H27N5O2S.ClH/c1-5-23(6-2)12-13-24(19(26)17-10-11-21-25(17)7-3)20-22-16-9-8-15(27-4)14-18(16)28-20;/h8-11,14H,5-7,12-13H2,1-4H3;1H. The summed E-state index contributed by atoms with van der Waals surface area (Å²) in [6.07, 6.45) is 1.67. The SMILES string of the molecule is CCN(CC)CCN(C(=O)c1ccnn1CC)c1nc2ccc(OC)cc2s1.Cl. The zero-order chi connectivity index (χ0) is 20.1. The Morgan fingerprint density at radius 2 is 1.93 bits per heavy atom. The molecule has 9 heteroatoms. The van der Waals surface area contributed by atoms with Gasteiger partial charge in [0.2, 0.25) is 0 Å². The molecule has 0 saturated carbocycles. The number of hydrogen-bond acceptors (Lipinski definition) is 6. The van der Waals surface area contributed by atoms with Crippen LogP contribution in [0.5, 0.6) is 5.75 Å². The van der Waals surface area contributed by atoms with Gasteiger partial charge in [0.15, 0.2) is 5.13 Å². The molecule has 0 bridgehead atoms. The van der Waals surface area contributed by atoms with Crippen molar-refractivity contribution >= 4 is 45.0 Å². The number of methoxy groups -OCH3 is 1. The van der Waals surface area contributed by atoms with Gasteiger partial charge in [-0.1, -0.05) is 25.2 Å². The van der Waals surface area contributed by atoms with E-state index in [2.05, 4.69) is 23.8 Å². The molecular formula is C20H28ClN5O2S. The molecule has 158 valence electrons. The zero-order valence-electron chi connectivity index (χ0n) is 17.3. The largest absolute Gasteiger partial charge is 0.497 e. The fraction of sp³-hybridized carbons (Fsp3) is 0.450. The lowest BCUT2D eigenvalue weighted by molar-refractivity contribution is 0.0973. The van der Waals surface area contributed by atoms with E-state index in [1.165, 1.54) is 11.3 Å². The molecule has 3 aromatic rings. The lowest BCUT2D eigenvalue weighted by Gasteiger charge is -2.24. The Morgan fingerprint density at radius 3 is 2.59 bits per heavy atom. The van der Waals surface area contributed by atoms with E-state index < -0.39 is 0 Å². The summed E-state index contributed by atoms with van der Waals surface area (Å²) >= 11 is 1.51. The minimum atomic E-state index is -0.0717. The predicted molar refractivity (Wildman–Crippen MR) is 121 cm³/mol. The van der Waals surface area contributed by atoms with Gasteiger partial charge in [-0.3, -0.25) is 14.4 Å². The van der Waals surface area contributed by atoms with Crippen molar-refractivity contribution < 1.29 is 9.53 Å². The van der Waals surface area contributed by atoms with Crippen molar-refractivity contribution in [1.29, 1.82) is 0 Å². The van der Waals surface area contributed by atoms with E-state index in [1.54, 1.807) is 29.0 Å². The van der Waals surface area contributed by atoms with Gasteiger partial charge >= 0.3 is 0 Å². The van der Waals surface area contributed by atoms with Gasteiger partial charge in [0.1, 0.15) is 11.4 Å². The summed E-state index contributed by atoms with van der Waals surface area (Å²) in [7, 11) is 1.65. The van der Waals surface area contributed by atoms with Crippen LogP contribution in [0.4, 0.5) is 5.13 Å². The van der Waals surface area contributed by atoms with E-state index in [9.17, 15) is 4.79 Å². The summed E-state index contributed by atoms with van der Waals surface area (Å²) in [5, 5.41) is 4.95. The lowest BCUT2D eigenvalue weighted by Crippen LogP contribution is -2.39. The van der Waals surface area contributed by atoms with Crippen LogP contribution in [0.1, 0.15) is 31.3 Å². The van der Waals surface area contributed by atoms with E-state index in [4.69, 9.17) is 9.72 Å². The van der Waals surface area contributed by atoms with E-state index in [0.29, 0.717) is 23.9 Å². The summed E-state index contributed by atoms with van der Waals surface area (Å²) in [5.41, 5.74) is 1.45. The third-order valence-electron chi connectivity index (χ3n) is 4.83. The highest BCUT2D eigenvalue weighted by Gasteiger charge is 2.24. The van der Waals surface area contributed by atoms with E-state index in [1.807, 2.05) is 25.1 Å². The number of carbonyl (C=O) groups is 1. The van der Waals surface area contributed by atoms with E-state index in [0.717, 1.165) is 35.6 Å². The Bertz CT molecular complexity index is 938. The van der Waals surface area contributed by atoms with Crippen molar-refractivity contribution in [2.24, 2.45) is 0 Å². The maximum absolute atomic E-state index is 13.4. The Labute approximate surface area is 181 Å². The summed E-state index contributed by atoms with van der Waals surface area (Å²) < 4.78 is 8.04. The smallest absolute Gasteiger partial charge is 0.278 e. The topological polar surface area (TPSA) is 63.5 Å². The number of likely N-dealkylation sites (N-methyl/N-ethyl adjacent to an activating group) is 1. The van der Waals surface area contributed by atoms with Gasteiger partial charge in [-0.05, 0) is 44.3 Å². The van der Waals surface area contributed by atoms with Crippen LogP contribution < -0.4 is 9.64 Å². The summed E-state index contributed by atoms with van der Waals surface area (Å²) in [5.74, 6) is 0.713. The first-order valence-electron chi connectivity index (χ1n) is 9.61. The zero-order valence-corrected chi connectivity index (χ0v) is 18.9. The number of amides is 1. The van der Waals surface area contributed by atoms with Gasteiger partial charge in [0, 0.05) is 25.8 Å². The highest BCUT2D eigenvalue weighted by atomic mass is 35.5. The third-order valence-corrected chi connectivity index (χ3v) is 5.87. The molecule has 0 fully saturated rings. The summed E-state index contributed by atoms with van der Waals surface area (Å²) in [4.78, 5) is 22.2. The Morgan fingerprint density at radius 1 is 1.17 bits per heavy atom. The molecule has 1 amide bonds. The van der Waals surface area contributed by atoms with E-state index in [-0.39, 0.29) is 18.3 Å². The fourth-order valence-corrected chi connectivity index (χ4v) is 4.12. The van der Waals surface area contributed by atoms with Crippen LogP contribution in [0.15, 0.2) is 30.5 Å². The molecule has 29 heavy (non-hydrogen) atoms. The number of carbonyl (C=O) groups excluding carboxylic acids is 1. The quantitative estimate of drug-likeness (QED) is 0.507. The Hall–Kier alpha value is -2.16. The van der Waals surface area contributed by atoms with Crippen LogP contribution in [0, 0.1) is 0 Å². The number of halogens is 1. The molecule has 0 unspecified atom stereocenters. The van der Waals surface area contributed by atoms with Gasteiger partial charge < -0.3 is 9.64 Å². The molecule has 3 rings (SSSR count). The molecule has 0 spiro atoms. The minimum Gasteiger partial charge on any atom is -0.497 e. The first kappa shape index (κ1) is 23.1. The molecular weight excluding hydrogens is 410 g/mol. The van der Waals surface area contributed by atoms with Crippen LogP contribution in [0.25, 0.3) is 10.2 Å². The molecule has 0 aliphatic carbocycles. The van der Waals surface area contributed by atoms with Crippen LogP contribution in [0.2, 0.25) is 0 Å². The lowest BCUT2D eigenvalue weighted by atomic mass is 10.3. The number of aryl methyl sites for hydroxylation is 1. The number of rotatable bonds is 9. The number of benzene rings is 1. The second-order valence-corrected chi connectivity index (χ2v) is 7.36. The average Bonchev–Trinajstić information content (AvgIpc) is 3.36. The molecule has 0 atom stereocenters. The molecule has 0 saturated heterocycles. The van der Waals surface area contributed by atoms with Crippen LogP contribution >= 0.6 is 23.7 Å². The minimum absolute atomic E-state index is 0. The number of thiazole rings is 1. The van der Waals surface area contributed by atoms with Crippen molar-refractivity contribution in [3.8, 4) is 5.75 Å². The Kier molecular flexibility index (Phi) is 8.43. The number of ether oxygens (including phenoxy) is 1. The summed E-state index contributed by atoms with van der Waals surface area (Å²) in [6.45, 7) is 10.1. The van der Waals surface area contributed by atoms with Crippen molar-refractivity contribution in [2.45, 2.75) is 27.3 Å². The normalized spacial score (nSPS) is 10.9. The highest BCUT2D eigenvalue weighted by molar-refractivity contribution is 7.22. The fourth-order valence-electron chi connectivity index (χ4n) is 3.11.